The van der Waals surface area contributed by atoms with Gasteiger partial charge in [0.15, 0.2) is 0 Å². The lowest BCUT2D eigenvalue weighted by molar-refractivity contribution is 0.609. The van der Waals surface area contributed by atoms with E-state index in [-0.39, 0.29) is 5.82 Å². The molecule has 0 unspecified atom stereocenters. The van der Waals surface area contributed by atoms with Crippen molar-refractivity contribution in [2.45, 2.75) is 27.7 Å². The Hall–Kier alpha value is -0.900. The minimum Gasteiger partial charge on any atom is -0.258 e. The van der Waals surface area contributed by atoms with Crippen molar-refractivity contribution >= 4 is 19.0 Å². The van der Waals surface area contributed by atoms with Gasteiger partial charge in [-0.2, -0.15) is 0 Å². The summed E-state index contributed by atoms with van der Waals surface area (Å²) < 4.78 is 16.2. The van der Waals surface area contributed by atoms with Crippen LogP contribution >= 0.6 is 12.8 Å². The maximum Gasteiger partial charge on any atom is 0.145 e. The number of hydrogen-bond acceptors (Lipinski definition) is 3. The van der Waals surface area contributed by atoms with Crippen molar-refractivity contribution in [3.63, 3.8) is 0 Å². The first kappa shape index (κ1) is 14.1. The predicted octanol–water partition coefficient (Wildman–Crippen LogP) is 3.46. The summed E-state index contributed by atoms with van der Waals surface area (Å²) in [7, 11) is 0. The first-order valence-electron chi connectivity index (χ1n) is 4.77. The Kier molecular flexibility index (Phi) is 6.96. The number of pyridine rings is 1. The van der Waals surface area contributed by atoms with Crippen molar-refractivity contribution in [2.75, 3.05) is 0 Å². The van der Waals surface area contributed by atoms with Gasteiger partial charge in [0.2, 0.25) is 0 Å². The van der Waals surface area contributed by atoms with Crippen molar-refractivity contribution in [2.24, 2.45) is 10.3 Å². The second kappa shape index (κ2) is 7.40. The van der Waals surface area contributed by atoms with Crippen LogP contribution in [0.5, 0.6) is 0 Å². The standard InChI is InChI=1S/C7H7FN2S.C4H10/c1-5-7(8)2-6(3-9-5)4-10-11;1-4(2)3/h2-4,11H,1H3;4H,1-3H3/b10-4+;. The number of thiol groups is 1. The molecule has 1 heterocycles. The summed E-state index contributed by atoms with van der Waals surface area (Å²) in [4.78, 5) is 3.80. The molecule has 0 aliphatic heterocycles. The van der Waals surface area contributed by atoms with Crippen molar-refractivity contribution < 1.29 is 4.39 Å². The van der Waals surface area contributed by atoms with Crippen LogP contribution in [0, 0.1) is 18.7 Å². The van der Waals surface area contributed by atoms with Crippen LogP contribution in [0.3, 0.4) is 0 Å². The van der Waals surface area contributed by atoms with Crippen LogP contribution in [-0.2, 0) is 0 Å². The largest absolute Gasteiger partial charge is 0.258 e. The van der Waals surface area contributed by atoms with Gasteiger partial charge in [-0.05, 0) is 31.7 Å². The van der Waals surface area contributed by atoms with Gasteiger partial charge in [0.25, 0.3) is 0 Å². The van der Waals surface area contributed by atoms with Gasteiger partial charge < -0.3 is 0 Å². The third-order valence-corrected chi connectivity index (χ3v) is 1.37. The highest BCUT2D eigenvalue weighted by molar-refractivity contribution is 7.78. The van der Waals surface area contributed by atoms with Gasteiger partial charge in [-0.25, -0.2) is 8.79 Å². The van der Waals surface area contributed by atoms with Crippen molar-refractivity contribution in [3.8, 4) is 0 Å². The number of aryl methyl sites for hydroxylation is 1. The number of hydrogen-bond donors (Lipinski definition) is 1. The third-order valence-electron chi connectivity index (χ3n) is 1.25. The van der Waals surface area contributed by atoms with Crippen LogP contribution in [-0.4, -0.2) is 11.2 Å². The highest BCUT2D eigenvalue weighted by atomic mass is 32.1. The monoisotopic (exact) mass is 228 g/mol. The molecule has 1 aromatic rings. The van der Waals surface area contributed by atoms with Crippen molar-refractivity contribution in [1.82, 2.24) is 4.98 Å². The van der Waals surface area contributed by atoms with Crippen molar-refractivity contribution in [1.29, 1.82) is 0 Å². The summed E-state index contributed by atoms with van der Waals surface area (Å²) in [6, 6.07) is 1.36. The van der Waals surface area contributed by atoms with Gasteiger partial charge in [0.1, 0.15) is 5.82 Å². The van der Waals surface area contributed by atoms with Gasteiger partial charge in [0.05, 0.1) is 5.69 Å². The fourth-order valence-electron chi connectivity index (χ4n) is 0.658. The lowest BCUT2D eigenvalue weighted by Gasteiger charge is -1.94. The molecule has 0 aliphatic rings. The molecule has 0 fully saturated rings. The normalized spacial score (nSPS) is 10.3. The quantitative estimate of drug-likeness (QED) is 0.578. The predicted molar refractivity (Wildman–Crippen MR) is 66.0 cm³/mol. The Labute approximate surface area is 96.2 Å². The summed E-state index contributed by atoms with van der Waals surface area (Å²) in [6.45, 7) is 8.11. The minimum absolute atomic E-state index is 0.323. The number of halogens is 1. The molecule has 15 heavy (non-hydrogen) atoms. The zero-order chi connectivity index (χ0) is 11.8. The van der Waals surface area contributed by atoms with Crippen LogP contribution in [0.2, 0.25) is 0 Å². The molecule has 0 aliphatic carbocycles. The summed E-state index contributed by atoms with van der Waals surface area (Å²) in [5.74, 6) is 0.510. The molecule has 84 valence electrons. The highest BCUT2D eigenvalue weighted by Crippen LogP contribution is 2.03. The number of nitrogens with zero attached hydrogens (tertiary/aromatic N) is 2. The maximum absolute atomic E-state index is 12.8. The summed E-state index contributed by atoms with van der Waals surface area (Å²) in [6.07, 6.45) is 2.97. The molecule has 0 atom stereocenters. The molecule has 0 spiro atoms. The summed E-state index contributed by atoms with van der Waals surface area (Å²) in [5.41, 5.74) is 1.00. The fourth-order valence-corrected chi connectivity index (χ4v) is 0.792. The van der Waals surface area contributed by atoms with E-state index in [1.54, 1.807) is 6.92 Å². The van der Waals surface area contributed by atoms with Crippen LogP contribution in [0.1, 0.15) is 32.0 Å². The van der Waals surface area contributed by atoms with E-state index in [1.165, 1.54) is 18.5 Å². The Balaban J connectivity index is 0.000000423. The molecule has 1 rings (SSSR count). The fraction of sp³-hybridized carbons (Fsp3) is 0.455. The second-order valence-corrected chi connectivity index (χ2v) is 4.04. The molecule has 0 radical (unpaired) electrons. The van der Waals surface area contributed by atoms with E-state index >= 15 is 0 Å². The first-order valence-corrected chi connectivity index (χ1v) is 5.17. The van der Waals surface area contributed by atoms with Gasteiger partial charge in [0, 0.05) is 18.0 Å². The molecule has 4 heteroatoms. The van der Waals surface area contributed by atoms with E-state index in [4.69, 9.17) is 0 Å². The van der Waals surface area contributed by atoms with E-state index in [9.17, 15) is 4.39 Å². The van der Waals surface area contributed by atoms with Gasteiger partial charge in [-0.1, -0.05) is 20.8 Å². The zero-order valence-electron chi connectivity index (χ0n) is 9.53. The Morgan fingerprint density at radius 3 is 2.40 bits per heavy atom. The Morgan fingerprint density at radius 1 is 1.47 bits per heavy atom. The molecule has 0 N–H and O–H groups in total. The molecule has 0 aromatic carbocycles. The number of rotatable bonds is 1. The molecular formula is C11H17FN2S. The van der Waals surface area contributed by atoms with Gasteiger partial charge in [-0.15, -0.1) is 0 Å². The number of aromatic nitrogens is 1. The zero-order valence-corrected chi connectivity index (χ0v) is 10.4. The first-order chi connectivity index (χ1) is 6.97. The molecule has 0 amide bonds. The molecule has 0 saturated carbocycles. The van der Waals surface area contributed by atoms with E-state index in [2.05, 4.69) is 43.0 Å². The maximum atomic E-state index is 12.8. The minimum atomic E-state index is -0.323. The van der Waals surface area contributed by atoms with E-state index < -0.39 is 0 Å². The molecule has 0 bridgehead atoms. The van der Waals surface area contributed by atoms with Gasteiger partial charge in [-0.3, -0.25) is 4.98 Å². The average molecular weight is 228 g/mol. The summed E-state index contributed by atoms with van der Waals surface area (Å²) in [5, 5.41) is 0. The van der Waals surface area contributed by atoms with Crippen LogP contribution < -0.4 is 0 Å². The van der Waals surface area contributed by atoms with Crippen molar-refractivity contribution in [3.05, 3.63) is 29.3 Å². The smallest absolute Gasteiger partial charge is 0.145 e. The topological polar surface area (TPSA) is 25.2 Å². The van der Waals surface area contributed by atoms with E-state index in [0.29, 0.717) is 11.3 Å². The molecular weight excluding hydrogens is 211 g/mol. The average Bonchev–Trinajstić information content (AvgIpc) is 2.11. The molecule has 2 nitrogen and oxygen atoms in total. The lowest BCUT2D eigenvalue weighted by atomic mass is 10.2. The van der Waals surface area contributed by atoms with E-state index in [1.807, 2.05) is 0 Å². The SMILES string of the molecule is CC(C)C.Cc1ncc(/C=N/S)cc1F. The Bertz CT molecular complexity index is 322. The van der Waals surface area contributed by atoms with Gasteiger partial charge >= 0.3 is 0 Å². The highest BCUT2D eigenvalue weighted by Gasteiger charge is 1.97. The second-order valence-electron chi connectivity index (χ2n) is 3.81. The molecule has 0 saturated heterocycles. The molecule has 1 aromatic heterocycles. The Morgan fingerprint density at radius 2 is 2.00 bits per heavy atom. The third kappa shape index (κ3) is 7.08. The van der Waals surface area contributed by atoms with E-state index in [0.717, 1.165) is 5.92 Å². The summed E-state index contributed by atoms with van der Waals surface area (Å²) >= 11 is 3.61. The lowest BCUT2D eigenvalue weighted by Crippen LogP contribution is -1.90. The van der Waals surface area contributed by atoms with Crippen LogP contribution in [0.15, 0.2) is 16.7 Å². The van der Waals surface area contributed by atoms with Crippen LogP contribution in [0.4, 0.5) is 4.39 Å². The van der Waals surface area contributed by atoms with Crippen LogP contribution in [0.25, 0.3) is 0 Å².